The molecular weight excluding hydrogens is 514 g/mol. The number of fused-ring (bicyclic) bond motifs is 1. The molecule has 1 saturated heterocycles. The molecule has 0 spiro atoms. The fourth-order valence-electron chi connectivity index (χ4n) is 3.62. The summed E-state index contributed by atoms with van der Waals surface area (Å²) in [4.78, 5) is 17.6. The maximum Gasteiger partial charge on any atom is 0.255 e. The van der Waals surface area contributed by atoms with Crippen LogP contribution < -0.4 is 10.6 Å². The number of aryl methyl sites for hydroxylation is 1. The molecule has 0 aliphatic carbocycles. The minimum atomic E-state index is -0.167. The highest BCUT2D eigenvalue weighted by Crippen LogP contribution is 2.28. The average molecular weight is 537 g/mol. The predicted octanol–water partition coefficient (Wildman–Crippen LogP) is 4.50. The Balaban J connectivity index is 1.62. The smallest absolute Gasteiger partial charge is 0.255 e. The molecule has 7 nitrogen and oxygen atoms in total. The molecule has 158 valence electrons. The van der Waals surface area contributed by atoms with Crippen molar-refractivity contribution in [3.63, 3.8) is 0 Å². The fourth-order valence-corrected chi connectivity index (χ4v) is 5.01. The Bertz CT molecular complexity index is 1040. The summed E-state index contributed by atoms with van der Waals surface area (Å²) >= 11 is 6.97. The number of carbonyl (C=O) groups excluding carboxylic acids is 1. The van der Waals surface area contributed by atoms with Crippen LogP contribution in [0.2, 0.25) is 0 Å². The summed E-state index contributed by atoms with van der Waals surface area (Å²) < 4.78 is 9.23. The van der Waals surface area contributed by atoms with E-state index in [0.717, 1.165) is 63.8 Å². The maximum atomic E-state index is 13.1. The second kappa shape index (κ2) is 9.45. The molecule has 0 atom stereocenters. The van der Waals surface area contributed by atoms with E-state index in [1.54, 1.807) is 12.4 Å². The average Bonchev–Trinajstić information content (AvgIpc) is 3.16. The third kappa shape index (κ3) is 4.68. The van der Waals surface area contributed by atoms with E-state index in [0.29, 0.717) is 12.1 Å². The molecule has 1 aliphatic heterocycles. The van der Waals surface area contributed by atoms with Gasteiger partial charge in [-0.2, -0.15) is 5.10 Å². The van der Waals surface area contributed by atoms with Crippen LogP contribution in [0.25, 0.3) is 11.0 Å². The molecular formula is C21H23Br2N5O2. The number of hydrogen-bond donors (Lipinski definition) is 2. The van der Waals surface area contributed by atoms with Crippen LogP contribution in [-0.2, 0) is 17.8 Å². The Labute approximate surface area is 191 Å². The summed E-state index contributed by atoms with van der Waals surface area (Å²) in [6, 6.07) is 6.18. The first-order valence-electron chi connectivity index (χ1n) is 9.97. The first kappa shape index (κ1) is 21.3. The van der Waals surface area contributed by atoms with Gasteiger partial charge in [-0.05, 0) is 43.5 Å². The van der Waals surface area contributed by atoms with Gasteiger partial charge in [0.1, 0.15) is 0 Å². The molecule has 1 amide bonds. The van der Waals surface area contributed by atoms with Gasteiger partial charge in [0.2, 0.25) is 0 Å². The van der Waals surface area contributed by atoms with E-state index < -0.39 is 0 Å². The van der Waals surface area contributed by atoms with Crippen LogP contribution in [0.4, 0.5) is 5.69 Å². The van der Waals surface area contributed by atoms with Crippen molar-refractivity contribution < 1.29 is 9.53 Å². The van der Waals surface area contributed by atoms with Gasteiger partial charge in [-0.15, -0.1) is 0 Å². The molecule has 0 bridgehead atoms. The number of anilines is 1. The van der Waals surface area contributed by atoms with Crippen LogP contribution in [0.5, 0.6) is 0 Å². The third-order valence-corrected chi connectivity index (χ3v) is 6.07. The van der Waals surface area contributed by atoms with Crippen molar-refractivity contribution in [2.45, 2.75) is 38.9 Å². The Kier molecular flexibility index (Phi) is 6.70. The number of pyridine rings is 1. The molecule has 1 aromatic carbocycles. The lowest BCUT2D eigenvalue weighted by Crippen LogP contribution is -2.30. The van der Waals surface area contributed by atoms with Gasteiger partial charge in [0.25, 0.3) is 5.91 Å². The van der Waals surface area contributed by atoms with E-state index >= 15 is 0 Å². The summed E-state index contributed by atoms with van der Waals surface area (Å²) in [5.41, 5.74) is 3.09. The highest BCUT2D eigenvalue weighted by atomic mass is 79.9. The Morgan fingerprint density at radius 2 is 1.93 bits per heavy atom. The van der Waals surface area contributed by atoms with E-state index in [2.05, 4.69) is 52.6 Å². The predicted molar refractivity (Wildman–Crippen MR) is 124 cm³/mol. The number of aromatic nitrogens is 3. The standard InChI is InChI=1S/C21H23Br2N5O2/c1-2-28-20-17(12-26-28)19(27-16-3-5-30-6-4-16)18(11-24-20)21(29)25-10-13-7-14(22)9-15(23)8-13/h7-9,11-12,16H,2-6,10H2,1H3,(H,24,27)(H,25,29). The van der Waals surface area contributed by atoms with Crippen molar-refractivity contribution >= 4 is 54.5 Å². The van der Waals surface area contributed by atoms with Crippen LogP contribution in [0.3, 0.4) is 0 Å². The topological polar surface area (TPSA) is 81.1 Å². The quantitative estimate of drug-likeness (QED) is 0.485. The number of nitrogens with zero attached hydrogens (tertiary/aromatic N) is 3. The zero-order chi connectivity index (χ0) is 21.1. The Morgan fingerprint density at radius 1 is 1.20 bits per heavy atom. The van der Waals surface area contributed by atoms with Crippen LogP contribution in [0, 0.1) is 0 Å². The third-order valence-electron chi connectivity index (χ3n) is 5.16. The first-order valence-corrected chi connectivity index (χ1v) is 11.6. The van der Waals surface area contributed by atoms with Gasteiger partial charge in [0, 0.05) is 47.5 Å². The molecule has 4 rings (SSSR count). The number of amides is 1. The largest absolute Gasteiger partial charge is 0.381 e. The summed E-state index contributed by atoms with van der Waals surface area (Å²) in [6.45, 7) is 4.60. The van der Waals surface area contributed by atoms with Crippen molar-refractivity contribution in [1.29, 1.82) is 0 Å². The molecule has 3 heterocycles. The molecule has 1 fully saturated rings. The highest BCUT2D eigenvalue weighted by molar-refractivity contribution is 9.11. The van der Waals surface area contributed by atoms with Gasteiger partial charge in [0.15, 0.2) is 5.65 Å². The number of halogens is 2. The lowest BCUT2D eigenvalue weighted by molar-refractivity contribution is 0.0904. The number of rotatable bonds is 6. The number of carbonyl (C=O) groups is 1. The molecule has 3 aromatic rings. The lowest BCUT2D eigenvalue weighted by Gasteiger charge is -2.25. The molecule has 2 aromatic heterocycles. The minimum Gasteiger partial charge on any atom is -0.381 e. The van der Waals surface area contributed by atoms with Gasteiger partial charge in [-0.25, -0.2) is 9.67 Å². The summed E-state index contributed by atoms with van der Waals surface area (Å²) in [7, 11) is 0. The SMILES string of the molecule is CCn1ncc2c(NC3CCOCC3)c(C(=O)NCc3cc(Br)cc(Br)c3)cnc21. The van der Waals surface area contributed by atoms with E-state index in [-0.39, 0.29) is 11.9 Å². The molecule has 2 N–H and O–H groups in total. The molecule has 0 radical (unpaired) electrons. The van der Waals surface area contributed by atoms with Gasteiger partial charge >= 0.3 is 0 Å². The Morgan fingerprint density at radius 3 is 2.63 bits per heavy atom. The zero-order valence-electron chi connectivity index (χ0n) is 16.6. The van der Waals surface area contributed by atoms with E-state index in [9.17, 15) is 4.79 Å². The van der Waals surface area contributed by atoms with Gasteiger partial charge in [0.05, 0.1) is 22.8 Å². The maximum absolute atomic E-state index is 13.1. The summed E-state index contributed by atoms with van der Waals surface area (Å²) in [5.74, 6) is -0.167. The lowest BCUT2D eigenvalue weighted by atomic mass is 10.1. The number of ether oxygens (including phenoxy) is 1. The molecule has 9 heteroatoms. The van der Waals surface area contributed by atoms with Crippen LogP contribution in [-0.4, -0.2) is 39.9 Å². The summed E-state index contributed by atoms with van der Waals surface area (Å²) in [5, 5.41) is 11.9. The highest BCUT2D eigenvalue weighted by Gasteiger charge is 2.22. The van der Waals surface area contributed by atoms with E-state index in [4.69, 9.17) is 4.74 Å². The number of hydrogen-bond acceptors (Lipinski definition) is 5. The van der Waals surface area contributed by atoms with Crippen molar-refractivity contribution in [3.05, 3.63) is 50.7 Å². The van der Waals surface area contributed by atoms with E-state index in [1.165, 1.54) is 0 Å². The fraction of sp³-hybridized carbons (Fsp3) is 0.381. The van der Waals surface area contributed by atoms with Crippen molar-refractivity contribution in [1.82, 2.24) is 20.1 Å². The van der Waals surface area contributed by atoms with Crippen LogP contribution in [0.1, 0.15) is 35.7 Å². The summed E-state index contributed by atoms with van der Waals surface area (Å²) in [6.07, 6.45) is 5.23. The molecule has 0 unspecified atom stereocenters. The Hall–Kier alpha value is -1.97. The zero-order valence-corrected chi connectivity index (χ0v) is 19.8. The minimum absolute atomic E-state index is 0.167. The number of nitrogens with one attached hydrogen (secondary N) is 2. The monoisotopic (exact) mass is 535 g/mol. The number of benzene rings is 1. The van der Waals surface area contributed by atoms with Gasteiger partial charge in [-0.1, -0.05) is 31.9 Å². The molecule has 1 aliphatic rings. The van der Waals surface area contributed by atoms with Gasteiger partial charge < -0.3 is 15.4 Å². The first-order chi connectivity index (χ1) is 14.5. The molecule has 30 heavy (non-hydrogen) atoms. The van der Waals surface area contributed by atoms with Crippen molar-refractivity contribution in [2.24, 2.45) is 0 Å². The van der Waals surface area contributed by atoms with Crippen molar-refractivity contribution in [3.8, 4) is 0 Å². The second-order valence-electron chi connectivity index (χ2n) is 7.24. The van der Waals surface area contributed by atoms with Gasteiger partial charge in [-0.3, -0.25) is 4.79 Å². The normalized spacial score (nSPS) is 14.8. The van der Waals surface area contributed by atoms with E-state index in [1.807, 2.05) is 29.8 Å². The molecule has 0 saturated carbocycles. The van der Waals surface area contributed by atoms with Crippen molar-refractivity contribution in [2.75, 3.05) is 18.5 Å². The second-order valence-corrected chi connectivity index (χ2v) is 9.07. The van der Waals surface area contributed by atoms with Crippen LogP contribution >= 0.6 is 31.9 Å². The van der Waals surface area contributed by atoms with Crippen LogP contribution in [0.15, 0.2) is 39.5 Å².